The van der Waals surface area contributed by atoms with E-state index in [1.165, 1.54) is 15.5 Å². The van der Waals surface area contributed by atoms with E-state index in [1.807, 2.05) is 0 Å². The van der Waals surface area contributed by atoms with Gasteiger partial charge in [0.2, 0.25) is 0 Å². The second-order valence-corrected chi connectivity index (χ2v) is 7.93. The van der Waals surface area contributed by atoms with Crippen LogP contribution in [0.15, 0.2) is 15.9 Å². The summed E-state index contributed by atoms with van der Waals surface area (Å²) in [5, 5.41) is 19.8. The lowest BCUT2D eigenvalue weighted by Crippen LogP contribution is -2.40. The fraction of sp³-hybridized carbons (Fsp3) is 0.706. The zero-order chi connectivity index (χ0) is 19.0. The Morgan fingerprint density at radius 2 is 1.72 bits per heavy atom. The molecule has 0 unspecified atom stereocenters. The summed E-state index contributed by atoms with van der Waals surface area (Å²) in [5.74, 6) is 0. The maximum atomic E-state index is 12.8. The maximum absolute atomic E-state index is 12.8. The van der Waals surface area contributed by atoms with Gasteiger partial charge in [0.15, 0.2) is 11.2 Å². The first-order chi connectivity index (χ1) is 11.4. The molecule has 0 aliphatic rings. The smallest absolute Gasteiger partial charge is 0.332 e. The molecule has 8 nitrogen and oxygen atoms in total. The Kier molecular flexibility index (Phi) is 5.24. The fourth-order valence-electron chi connectivity index (χ4n) is 2.88. The molecule has 2 aromatic rings. The van der Waals surface area contributed by atoms with Gasteiger partial charge >= 0.3 is 5.69 Å². The Hall–Kier alpha value is -1.93. The second-order valence-electron chi connectivity index (χ2n) is 7.93. The predicted octanol–water partition coefficient (Wildman–Crippen LogP) is 0.609. The molecule has 2 heterocycles. The Bertz CT molecular complexity index is 862. The average Bonchev–Trinajstić information content (AvgIpc) is 2.84. The summed E-state index contributed by atoms with van der Waals surface area (Å²) in [4.78, 5) is 29.4. The van der Waals surface area contributed by atoms with Gasteiger partial charge in [-0.25, -0.2) is 9.78 Å². The lowest BCUT2D eigenvalue weighted by atomic mass is 10.0. The molecule has 2 rings (SSSR count). The van der Waals surface area contributed by atoms with Gasteiger partial charge in [-0.15, -0.1) is 0 Å². The highest BCUT2D eigenvalue weighted by atomic mass is 16.3. The van der Waals surface area contributed by atoms with Crippen molar-refractivity contribution in [3.05, 3.63) is 27.2 Å². The Morgan fingerprint density at radius 3 is 2.28 bits per heavy atom. The topological polar surface area (TPSA) is 102 Å². The molecule has 0 spiro atoms. The molecule has 8 heteroatoms. The molecule has 0 aromatic carbocycles. The van der Waals surface area contributed by atoms with Gasteiger partial charge in [0.25, 0.3) is 5.56 Å². The van der Waals surface area contributed by atoms with E-state index >= 15 is 0 Å². The van der Waals surface area contributed by atoms with Crippen LogP contribution in [0.3, 0.4) is 0 Å². The highest BCUT2D eigenvalue weighted by molar-refractivity contribution is 5.70. The highest BCUT2D eigenvalue weighted by Gasteiger charge is 2.20. The van der Waals surface area contributed by atoms with E-state index in [9.17, 15) is 19.8 Å². The summed E-state index contributed by atoms with van der Waals surface area (Å²) in [6.07, 6.45) is 3.40. The standard InChI is InChI=1S/C17H28N4O4/c1-16(2,24)8-6-7-9-21-14(22)12-13(19(5)15(21)23)18-11-20(12)10-17(3,4)25/h11,24-25H,6-10H2,1-5H3. The summed E-state index contributed by atoms with van der Waals surface area (Å²) in [6, 6.07) is 0. The summed E-state index contributed by atoms with van der Waals surface area (Å²) in [5.41, 5.74) is -1.95. The molecular weight excluding hydrogens is 324 g/mol. The molecule has 140 valence electrons. The number of aromatic nitrogens is 4. The van der Waals surface area contributed by atoms with E-state index < -0.39 is 22.5 Å². The first-order valence-electron chi connectivity index (χ1n) is 8.50. The van der Waals surface area contributed by atoms with Crippen molar-refractivity contribution in [3.63, 3.8) is 0 Å². The summed E-state index contributed by atoms with van der Waals surface area (Å²) in [7, 11) is 1.58. The number of imidazole rings is 1. The molecule has 0 aliphatic carbocycles. The summed E-state index contributed by atoms with van der Waals surface area (Å²) in [6.45, 7) is 7.26. The third-order valence-corrected chi connectivity index (χ3v) is 4.08. The molecule has 0 atom stereocenters. The van der Waals surface area contributed by atoms with Crippen LogP contribution in [-0.4, -0.2) is 40.1 Å². The first kappa shape index (κ1) is 19.4. The van der Waals surface area contributed by atoms with Crippen LogP contribution >= 0.6 is 0 Å². The van der Waals surface area contributed by atoms with Crippen molar-refractivity contribution < 1.29 is 10.2 Å². The van der Waals surface area contributed by atoms with Crippen LogP contribution in [0.5, 0.6) is 0 Å². The van der Waals surface area contributed by atoms with Crippen molar-refractivity contribution >= 4 is 11.2 Å². The van der Waals surface area contributed by atoms with Crippen LogP contribution in [0, 0.1) is 0 Å². The van der Waals surface area contributed by atoms with E-state index in [4.69, 9.17) is 0 Å². The minimum Gasteiger partial charge on any atom is -0.390 e. The van der Waals surface area contributed by atoms with Gasteiger partial charge in [0.1, 0.15) is 0 Å². The highest BCUT2D eigenvalue weighted by Crippen LogP contribution is 2.13. The lowest BCUT2D eigenvalue weighted by molar-refractivity contribution is 0.0625. The number of rotatable bonds is 7. The van der Waals surface area contributed by atoms with Crippen molar-refractivity contribution in [1.29, 1.82) is 0 Å². The van der Waals surface area contributed by atoms with Crippen molar-refractivity contribution in [2.24, 2.45) is 7.05 Å². The van der Waals surface area contributed by atoms with Crippen molar-refractivity contribution in [1.82, 2.24) is 18.7 Å². The number of hydrogen-bond donors (Lipinski definition) is 2. The van der Waals surface area contributed by atoms with Crippen LogP contribution in [-0.2, 0) is 20.1 Å². The van der Waals surface area contributed by atoms with E-state index in [2.05, 4.69) is 4.98 Å². The van der Waals surface area contributed by atoms with Gasteiger partial charge in [-0.3, -0.25) is 13.9 Å². The maximum Gasteiger partial charge on any atom is 0.332 e. The third-order valence-electron chi connectivity index (χ3n) is 4.08. The zero-order valence-electron chi connectivity index (χ0n) is 15.6. The van der Waals surface area contributed by atoms with Crippen LogP contribution in [0.2, 0.25) is 0 Å². The number of hydrogen-bond acceptors (Lipinski definition) is 5. The normalized spacial score (nSPS) is 12.9. The molecule has 0 aliphatic heterocycles. The molecule has 0 radical (unpaired) electrons. The zero-order valence-corrected chi connectivity index (χ0v) is 15.6. The molecular formula is C17H28N4O4. The van der Waals surface area contributed by atoms with Gasteiger partial charge in [-0.2, -0.15) is 0 Å². The van der Waals surface area contributed by atoms with Crippen LogP contribution in [0.25, 0.3) is 11.2 Å². The van der Waals surface area contributed by atoms with Gasteiger partial charge in [-0.05, 0) is 47.0 Å². The van der Waals surface area contributed by atoms with Gasteiger partial charge in [-0.1, -0.05) is 0 Å². The van der Waals surface area contributed by atoms with Crippen LogP contribution < -0.4 is 11.2 Å². The van der Waals surface area contributed by atoms with Crippen LogP contribution in [0.4, 0.5) is 0 Å². The monoisotopic (exact) mass is 352 g/mol. The Balaban J connectivity index is 2.39. The summed E-state index contributed by atoms with van der Waals surface area (Å²) < 4.78 is 4.15. The molecule has 0 fully saturated rings. The molecule has 0 bridgehead atoms. The predicted molar refractivity (Wildman–Crippen MR) is 95.7 cm³/mol. The largest absolute Gasteiger partial charge is 0.390 e. The number of aliphatic hydroxyl groups is 2. The second kappa shape index (κ2) is 6.76. The summed E-state index contributed by atoms with van der Waals surface area (Å²) >= 11 is 0. The number of fused-ring (bicyclic) bond motifs is 1. The van der Waals surface area contributed by atoms with Gasteiger partial charge in [0, 0.05) is 13.6 Å². The molecule has 0 amide bonds. The number of unbranched alkanes of at least 4 members (excludes halogenated alkanes) is 1. The number of aryl methyl sites for hydroxylation is 1. The van der Waals surface area contributed by atoms with Crippen LogP contribution in [0.1, 0.15) is 47.0 Å². The van der Waals surface area contributed by atoms with E-state index in [1.54, 1.807) is 39.3 Å². The SMILES string of the molecule is Cn1c(=O)n(CCCCC(C)(C)O)c(=O)c2c1ncn2CC(C)(C)O. The minimum atomic E-state index is -1.01. The minimum absolute atomic E-state index is 0.204. The molecule has 0 saturated heterocycles. The van der Waals surface area contributed by atoms with Crippen molar-refractivity contribution in [2.45, 2.75) is 71.2 Å². The molecule has 2 aromatic heterocycles. The lowest BCUT2D eigenvalue weighted by Gasteiger charge is -2.18. The fourth-order valence-corrected chi connectivity index (χ4v) is 2.88. The van der Waals surface area contributed by atoms with E-state index in [-0.39, 0.29) is 13.1 Å². The Labute approximate surface area is 146 Å². The quantitative estimate of drug-likeness (QED) is 0.711. The third kappa shape index (κ3) is 4.58. The first-order valence-corrected chi connectivity index (χ1v) is 8.50. The molecule has 0 saturated carbocycles. The number of nitrogens with zero attached hydrogens (tertiary/aromatic N) is 4. The average molecular weight is 352 g/mol. The van der Waals surface area contributed by atoms with Crippen molar-refractivity contribution in [3.8, 4) is 0 Å². The Morgan fingerprint density at radius 1 is 1.08 bits per heavy atom. The molecule has 25 heavy (non-hydrogen) atoms. The van der Waals surface area contributed by atoms with Gasteiger partial charge in [0.05, 0.1) is 24.1 Å². The van der Waals surface area contributed by atoms with E-state index in [0.29, 0.717) is 30.4 Å². The molecule has 2 N–H and O–H groups in total. The van der Waals surface area contributed by atoms with Crippen molar-refractivity contribution in [2.75, 3.05) is 0 Å². The van der Waals surface area contributed by atoms with E-state index in [0.717, 1.165) is 0 Å². The van der Waals surface area contributed by atoms with Gasteiger partial charge < -0.3 is 14.8 Å².